The molecule has 0 saturated heterocycles. The van der Waals surface area contributed by atoms with Crippen LogP contribution in [-0.4, -0.2) is 23.4 Å². The van der Waals surface area contributed by atoms with Crippen molar-refractivity contribution in [3.8, 4) is 0 Å². The molecule has 1 unspecified atom stereocenters. The summed E-state index contributed by atoms with van der Waals surface area (Å²) in [5.41, 5.74) is 0. The fourth-order valence-electron chi connectivity index (χ4n) is 0.831. The highest BCUT2D eigenvalue weighted by Crippen LogP contribution is 2.14. The van der Waals surface area contributed by atoms with Gasteiger partial charge in [-0.05, 0) is 18.5 Å². The Hall–Kier alpha value is -0.100. The first kappa shape index (κ1) is 10.9. The average molecular weight is 176 g/mol. The molecule has 0 aliphatic rings. The second kappa shape index (κ2) is 6.60. The van der Waals surface area contributed by atoms with Crippen LogP contribution in [0.4, 0.5) is 0 Å². The first-order valence-electron chi connectivity index (χ1n) is 4.05. The van der Waals surface area contributed by atoms with Crippen LogP contribution in [0.5, 0.6) is 0 Å². The molecule has 11 heavy (non-hydrogen) atoms. The van der Waals surface area contributed by atoms with E-state index in [9.17, 15) is 4.79 Å². The van der Waals surface area contributed by atoms with E-state index in [1.54, 1.807) is 0 Å². The summed E-state index contributed by atoms with van der Waals surface area (Å²) in [6.07, 6.45) is 3.86. The number of carboxylic acids is 1. The van der Waals surface area contributed by atoms with Gasteiger partial charge in [0.2, 0.25) is 0 Å². The number of hydrogen-bond donors (Lipinski definition) is 1. The van der Waals surface area contributed by atoms with E-state index in [1.807, 2.05) is 0 Å². The van der Waals surface area contributed by atoms with Crippen LogP contribution < -0.4 is 0 Å². The topological polar surface area (TPSA) is 37.3 Å². The summed E-state index contributed by atoms with van der Waals surface area (Å²) in [5.74, 6) is 0.0949. The van der Waals surface area contributed by atoms with Gasteiger partial charge < -0.3 is 5.11 Å². The van der Waals surface area contributed by atoms with Gasteiger partial charge in [-0.25, -0.2) is 0 Å². The minimum absolute atomic E-state index is 0.359. The van der Waals surface area contributed by atoms with E-state index in [0.29, 0.717) is 14.7 Å². The Morgan fingerprint density at radius 3 is 2.64 bits per heavy atom. The summed E-state index contributed by atoms with van der Waals surface area (Å²) in [7, 11) is 0.613. The largest absolute Gasteiger partial charge is 0.481 e. The Labute approximate surface area is 70.2 Å². The third-order valence-electron chi connectivity index (χ3n) is 1.41. The maximum absolute atomic E-state index is 10.1. The lowest BCUT2D eigenvalue weighted by atomic mass is 10.1. The summed E-state index contributed by atoms with van der Waals surface area (Å²) in [6.45, 7) is 4.39. The summed E-state index contributed by atoms with van der Waals surface area (Å²) < 4.78 is 0. The third-order valence-corrected chi connectivity index (χ3v) is 2.67. The van der Waals surface area contributed by atoms with Gasteiger partial charge in [-0.3, -0.25) is 4.79 Å². The Bertz CT molecular complexity index is 113. The summed E-state index contributed by atoms with van der Waals surface area (Å²) in [5, 5.41) is 8.33. The van der Waals surface area contributed by atoms with Gasteiger partial charge in [0.05, 0.1) is 6.16 Å². The van der Waals surface area contributed by atoms with Crippen molar-refractivity contribution in [3.63, 3.8) is 0 Å². The van der Waals surface area contributed by atoms with Crippen LogP contribution in [0.1, 0.15) is 26.7 Å². The zero-order chi connectivity index (χ0) is 8.69. The van der Waals surface area contributed by atoms with Crippen LogP contribution in [-0.2, 0) is 4.79 Å². The van der Waals surface area contributed by atoms with Gasteiger partial charge in [-0.2, -0.15) is 0 Å². The summed E-state index contributed by atoms with van der Waals surface area (Å²) in [4.78, 5) is 10.1. The molecular formula is C8H17O2P. The molecule has 66 valence electrons. The van der Waals surface area contributed by atoms with Gasteiger partial charge in [0.1, 0.15) is 0 Å². The van der Waals surface area contributed by atoms with Gasteiger partial charge in [0.25, 0.3) is 0 Å². The van der Waals surface area contributed by atoms with Gasteiger partial charge >= 0.3 is 5.97 Å². The predicted octanol–water partition coefficient (Wildman–Crippen LogP) is 2.19. The third kappa shape index (κ3) is 9.90. The molecule has 0 spiro atoms. The molecule has 0 fully saturated rings. The Morgan fingerprint density at radius 1 is 1.55 bits per heavy atom. The predicted molar refractivity (Wildman–Crippen MR) is 49.8 cm³/mol. The normalized spacial score (nSPS) is 11.5. The van der Waals surface area contributed by atoms with Crippen LogP contribution in [0.2, 0.25) is 0 Å². The van der Waals surface area contributed by atoms with Gasteiger partial charge in [0, 0.05) is 0 Å². The first-order chi connectivity index (χ1) is 5.13. The molecule has 0 aromatic carbocycles. The Kier molecular flexibility index (Phi) is 6.54. The Morgan fingerprint density at radius 2 is 2.18 bits per heavy atom. The van der Waals surface area contributed by atoms with Crippen LogP contribution >= 0.6 is 8.58 Å². The molecule has 0 aliphatic heterocycles. The molecule has 1 N–H and O–H groups in total. The lowest BCUT2D eigenvalue weighted by Gasteiger charge is -2.02. The first-order valence-corrected chi connectivity index (χ1v) is 5.47. The molecule has 0 heterocycles. The highest BCUT2D eigenvalue weighted by Gasteiger charge is 1.97. The van der Waals surface area contributed by atoms with E-state index >= 15 is 0 Å². The highest BCUT2D eigenvalue weighted by molar-refractivity contribution is 7.39. The van der Waals surface area contributed by atoms with E-state index < -0.39 is 5.97 Å². The fraction of sp³-hybridized carbons (Fsp3) is 0.875. The van der Waals surface area contributed by atoms with Crippen molar-refractivity contribution in [1.82, 2.24) is 0 Å². The van der Waals surface area contributed by atoms with Crippen molar-refractivity contribution in [3.05, 3.63) is 0 Å². The molecule has 3 heteroatoms. The molecule has 0 aliphatic carbocycles. The van der Waals surface area contributed by atoms with Crippen LogP contribution in [0.25, 0.3) is 0 Å². The number of aliphatic carboxylic acids is 1. The summed E-state index contributed by atoms with van der Waals surface area (Å²) in [6, 6.07) is 0. The van der Waals surface area contributed by atoms with E-state index in [0.717, 1.165) is 12.1 Å². The number of rotatable bonds is 6. The molecule has 0 aromatic rings. The molecule has 2 nitrogen and oxygen atoms in total. The van der Waals surface area contributed by atoms with E-state index in [2.05, 4.69) is 13.8 Å². The second-order valence-corrected chi connectivity index (χ2v) is 4.46. The maximum atomic E-state index is 10.1. The van der Waals surface area contributed by atoms with Crippen LogP contribution in [0.15, 0.2) is 0 Å². The average Bonchev–Trinajstić information content (AvgIpc) is 1.85. The number of carbonyl (C=O) groups is 1. The molecule has 0 aromatic heterocycles. The number of carboxylic acid groups (broad SMARTS) is 1. The Balaban J connectivity index is 2.97. The fourth-order valence-corrected chi connectivity index (χ4v) is 1.68. The van der Waals surface area contributed by atoms with Crippen molar-refractivity contribution in [2.45, 2.75) is 26.7 Å². The minimum atomic E-state index is -0.659. The SMILES string of the molecule is CC(C)CCCPCC(=O)O. The second-order valence-electron chi connectivity index (χ2n) is 3.11. The zero-order valence-electron chi connectivity index (χ0n) is 7.26. The van der Waals surface area contributed by atoms with Crippen molar-refractivity contribution in [2.75, 3.05) is 12.3 Å². The molecule has 0 radical (unpaired) electrons. The molecule has 0 saturated carbocycles. The van der Waals surface area contributed by atoms with Gasteiger partial charge in [-0.15, -0.1) is 8.58 Å². The zero-order valence-corrected chi connectivity index (χ0v) is 8.26. The van der Waals surface area contributed by atoms with Crippen LogP contribution in [0, 0.1) is 5.92 Å². The minimum Gasteiger partial charge on any atom is -0.481 e. The summed E-state index contributed by atoms with van der Waals surface area (Å²) >= 11 is 0. The van der Waals surface area contributed by atoms with Crippen molar-refractivity contribution >= 4 is 14.6 Å². The molecule has 0 rings (SSSR count). The highest BCUT2D eigenvalue weighted by atomic mass is 31.1. The van der Waals surface area contributed by atoms with Crippen LogP contribution in [0.3, 0.4) is 0 Å². The van der Waals surface area contributed by atoms with Gasteiger partial charge in [0.15, 0.2) is 0 Å². The van der Waals surface area contributed by atoms with Crippen molar-refractivity contribution in [1.29, 1.82) is 0 Å². The van der Waals surface area contributed by atoms with Crippen molar-refractivity contribution < 1.29 is 9.90 Å². The molecule has 1 atom stereocenters. The van der Waals surface area contributed by atoms with E-state index in [1.165, 1.54) is 12.8 Å². The van der Waals surface area contributed by atoms with E-state index in [4.69, 9.17) is 5.11 Å². The quantitative estimate of drug-likeness (QED) is 0.497. The molecular weight excluding hydrogens is 159 g/mol. The van der Waals surface area contributed by atoms with Crippen molar-refractivity contribution in [2.24, 2.45) is 5.92 Å². The lowest BCUT2D eigenvalue weighted by Crippen LogP contribution is -1.97. The smallest absolute Gasteiger partial charge is 0.307 e. The molecule has 0 bridgehead atoms. The monoisotopic (exact) mass is 176 g/mol. The standard InChI is InChI=1S/C8H17O2P/c1-7(2)4-3-5-11-6-8(9)10/h7,11H,3-6H2,1-2H3,(H,9,10). The lowest BCUT2D eigenvalue weighted by molar-refractivity contribution is -0.133. The van der Waals surface area contributed by atoms with Gasteiger partial charge in [-0.1, -0.05) is 20.3 Å². The maximum Gasteiger partial charge on any atom is 0.307 e. The van der Waals surface area contributed by atoms with E-state index in [-0.39, 0.29) is 0 Å². The number of hydrogen-bond acceptors (Lipinski definition) is 1. The molecule has 0 amide bonds.